The molecule has 3 nitrogen and oxygen atoms in total. The molecule has 2 aliphatic heterocycles. The maximum absolute atomic E-state index is 11.7. The molecule has 5 heteroatoms. The number of hydrogen-bond donors (Lipinski definition) is 2. The molecule has 2 N–H and O–H groups in total. The van der Waals surface area contributed by atoms with Crippen molar-refractivity contribution in [1.82, 2.24) is 10.2 Å². The van der Waals surface area contributed by atoms with Gasteiger partial charge in [-0.05, 0) is 75.5 Å². The lowest BCUT2D eigenvalue weighted by atomic mass is 9.59. The average molecular weight is 427 g/mol. The second kappa shape index (κ2) is 6.99. The number of aliphatic hydroxyl groups is 1. The van der Waals surface area contributed by atoms with Crippen LogP contribution < -0.4 is 5.32 Å². The molecule has 2 heterocycles. The fraction of sp³-hybridized carbons (Fsp3) is 0.826. The molecule has 2 saturated heterocycles. The molecule has 0 spiro atoms. The zero-order valence-corrected chi connectivity index (χ0v) is 18.9. The van der Waals surface area contributed by atoms with E-state index in [1.54, 1.807) is 0 Å². The normalized spacial score (nSPS) is 50.1. The largest absolute Gasteiger partial charge is 0.375 e. The van der Waals surface area contributed by atoms with Gasteiger partial charge in [-0.2, -0.15) is 0 Å². The first-order valence-electron chi connectivity index (χ1n) is 11.0. The highest BCUT2D eigenvalue weighted by atomic mass is 35.5. The van der Waals surface area contributed by atoms with Gasteiger partial charge in [0.2, 0.25) is 0 Å². The first-order valence-corrected chi connectivity index (χ1v) is 11.0. The van der Waals surface area contributed by atoms with E-state index < -0.39 is 5.72 Å². The van der Waals surface area contributed by atoms with E-state index in [1.165, 1.54) is 24.0 Å². The molecule has 7 fully saturated rings. The van der Waals surface area contributed by atoms with Crippen molar-refractivity contribution < 1.29 is 5.11 Å². The summed E-state index contributed by atoms with van der Waals surface area (Å²) in [5.41, 5.74) is 2.50. The van der Waals surface area contributed by atoms with Crippen LogP contribution >= 0.6 is 24.8 Å². The van der Waals surface area contributed by atoms with Gasteiger partial charge in [-0.25, -0.2) is 0 Å². The summed E-state index contributed by atoms with van der Waals surface area (Å²) in [5.74, 6) is 6.90. The maximum atomic E-state index is 11.7. The van der Waals surface area contributed by atoms with Crippen LogP contribution in [0, 0.1) is 47.3 Å². The van der Waals surface area contributed by atoms with Crippen LogP contribution in [0.2, 0.25) is 0 Å². The van der Waals surface area contributed by atoms with Gasteiger partial charge < -0.3 is 10.4 Å². The van der Waals surface area contributed by atoms with E-state index in [4.69, 9.17) is 0 Å². The first kappa shape index (κ1) is 21.2. The molecule has 158 valence electrons. The van der Waals surface area contributed by atoms with Crippen LogP contribution in [0.15, 0.2) is 23.3 Å². The van der Waals surface area contributed by atoms with Crippen molar-refractivity contribution in [2.45, 2.75) is 51.8 Å². The van der Waals surface area contributed by atoms with Crippen molar-refractivity contribution in [1.29, 1.82) is 0 Å². The molecule has 8 unspecified atom stereocenters. The minimum atomic E-state index is -0.394. The SMILES string of the molecule is CC(C)=CCC/C(C)=C/CNCCN1[C@H]2C3C4CC5C6C4C2C6[C@@]1(O)C53.Cl.Cl. The van der Waals surface area contributed by atoms with Gasteiger partial charge in [0.15, 0.2) is 0 Å². The van der Waals surface area contributed by atoms with Gasteiger partial charge >= 0.3 is 0 Å². The molecular weight excluding hydrogens is 391 g/mol. The molecule has 5 saturated carbocycles. The Morgan fingerprint density at radius 2 is 1.82 bits per heavy atom. The van der Waals surface area contributed by atoms with Crippen LogP contribution in [-0.4, -0.2) is 41.4 Å². The van der Waals surface area contributed by atoms with Gasteiger partial charge in [0.25, 0.3) is 0 Å². The maximum Gasteiger partial charge on any atom is 0.125 e. The molecule has 0 aromatic rings. The van der Waals surface area contributed by atoms with E-state index in [9.17, 15) is 5.11 Å². The molecule has 0 radical (unpaired) electrons. The van der Waals surface area contributed by atoms with Crippen LogP contribution in [-0.2, 0) is 0 Å². The second-order valence-electron chi connectivity index (χ2n) is 10.5. The molecular formula is C23H36Cl2N2O. The van der Waals surface area contributed by atoms with Crippen LogP contribution in [0.5, 0.6) is 0 Å². The van der Waals surface area contributed by atoms with Crippen molar-refractivity contribution in [3.8, 4) is 0 Å². The third kappa shape index (κ3) is 2.29. The standard InChI is InChI=1S/C23H34N2O.2ClH/c1-12(2)5-4-6-13(3)7-8-24-9-10-25-22-18-14-11-15-17-16(14)19(22)21(17)23(25,26)20(15)18;;/h5,7,14-22,24,26H,4,6,8-11H2,1-3H3;2*1H/b13-7+;;/t14?,15?,16?,17?,18?,19?,20?,21?,22-,23-;;/m0../s1. The third-order valence-corrected chi connectivity index (χ3v) is 9.43. The number of hydrogen-bond acceptors (Lipinski definition) is 3. The zero-order chi connectivity index (χ0) is 17.8. The molecule has 7 rings (SSSR count). The number of halogens is 2. The van der Waals surface area contributed by atoms with Gasteiger partial charge in [-0.3, -0.25) is 4.90 Å². The summed E-state index contributed by atoms with van der Waals surface area (Å²) < 4.78 is 0. The van der Waals surface area contributed by atoms with E-state index in [1.807, 2.05) is 0 Å². The topological polar surface area (TPSA) is 35.5 Å². The highest BCUT2D eigenvalue weighted by molar-refractivity contribution is 5.85. The monoisotopic (exact) mass is 426 g/mol. The van der Waals surface area contributed by atoms with Gasteiger partial charge in [-0.1, -0.05) is 23.3 Å². The summed E-state index contributed by atoms with van der Waals surface area (Å²) >= 11 is 0. The summed E-state index contributed by atoms with van der Waals surface area (Å²) in [6, 6.07) is 0.747. The van der Waals surface area contributed by atoms with E-state index in [0.29, 0.717) is 11.8 Å². The summed E-state index contributed by atoms with van der Waals surface area (Å²) in [6.45, 7) is 9.61. The van der Waals surface area contributed by atoms with Crippen LogP contribution in [0.4, 0.5) is 0 Å². The fourth-order valence-corrected chi connectivity index (χ4v) is 9.10. The van der Waals surface area contributed by atoms with Crippen LogP contribution in [0.1, 0.15) is 40.0 Å². The second-order valence-corrected chi connectivity index (χ2v) is 10.5. The van der Waals surface area contributed by atoms with Gasteiger partial charge in [0, 0.05) is 37.5 Å². The Morgan fingerprint density at radius 3 is 2.57 bits per heavy atom. The van der Waals surface area contributed by atoms with Gasteiger partial charge in [0.05, 0.1) is 0 Å². The Morgan fingerprint density at radius 1 is 1.04 bits per heavy atom. The molecule has 4 bridgehead atoms. The van der Waals surface area contributed by atoms with Crippen molar-refractivity contribution in [3.05, 3.63) is 23.3 Å². The quantitative estimate of drug-likeness (QED) is 0.456. The zero-order valence-electron chi connectivity index (χ0n) is 17.3. The molecule has 7 aliphatic rings. The summed E-state index contributed by atoms with van der Waals surface area (Å²) in [4.78, 5) is 2.59. The Kier molecular flexibility index (Phi) is 5.28. The lowest BCUT2D eigenvalue weighted by Crippen LogP contribution is -2.52. The highest BCUT2D eigenvalue weighted by Crippen LogP contribution is 2.90. The smallest absolute Gasteiger partial charge is 0.125 e. The molecule has 0 amide bonds. The van der Waals surface area contributed by atoms with Crippen LogP contribution in [0.25, 0.3) is 0 Å². The lowest BCUT2D eigenvalue weighted by Gasteiger charge is -2.45. The Hall–Kier alpha value is -0.0600. The minimum Gasteiger partial charge on any atom is -0.375 e. The number of nitrogens with one attached hydrogen (secondary N) is 1. The Labute approximate surface area is 182 Å². The van der Waals surface area contributed by atoms with Gasteiger partial charge in [0.1, 0.15) is 5.72 Å². The molecule has 10 atom stereocenters. The molecule has 5 aliphatic carbocycles. The summed E-state index contributed by atoms with van der Waals surface area (Å²) in [7, 11) is 0. The van der Waals surface area contributed by atoms with Crippen molar-refractivity contribution in [3.63, 3.8) is 0 Å². The predicted octanol–water partition coefficient (Wildman–Crippen LogP) is 3.87. The van der Waals surface area contributed by atoms with E-state index in [2.05, 4.69) is 43.1 Å². The minimum absolute atomic E-state index is 0. The fourth-order valence-electron chi connectivity index (χ4n) is 9.10. The lowest BCUT2D eigenvalue weighted by molar-refractivity contribution is -0.130. The van der Waals surface area contributed by atoms with E-state index in [0.717, 1.165) is 67.6 Å². The average Bonchev–Trinajstić information content (AvgIpc) is 3.20. The van der Waals surface area contributed by atoms with Crippen molar-refractivity contribution in [2.24, 2.45) is 47.3 Å². The summed E-state index contributed by atoms with van der Waals surface area (Å²) in [6.07, 6.45) is 8.46. The Bertz CT molecular complexity index is 705. The van der Waals surface area contributed by atoms with E-state index >= 15 is 0 Å². The molecule has 0 aromatic carbocycles. The number of allylic oxidation sites excluding steroid dienone is 3. The summed E-state index contributed by atoms with van der Waals surface area (Å²) in [5, 5.41) is 15.3. The Balaban J connectivity index is 0.000000961. The van der Waals surface area contributed by atoms with E-state index in [-0.39, 0.29) is 24.8 Å². The molecule has 28 heavy (non-hydrogen) atoms. The predicted molar refractivity (Wildman–Crippen MR) is 118 cm³/mol. The van der Waals surface area contributed by atoms with Gasteiger partial charge in [-0.15, -0.1) is 24.8 Å². The number of nitrogens with zero attached hydrogens (tertiary/aromatic N) is 1. The first-order chi connectivity index (χ1) is 12.5. The molecule has 0 aromatic heterocycles. The van der Waals surface area contributed by atoms with Crippen molar-refractivity contribution in [2.75, 3.05) is 19.6 Å². The highest BCUT2D eigenvalue weighted by Gasteiger charge is 2.93. The number of rotatable bonds is 8. The van der Waals surface area contributed by atoms with Crippen LogP contribution in [0.3, 0.4) is 0 Å². The third-order valence-electron chi connectivity index (χ3n) is 9.43. The van der Waals surface area contributed by atoms with Crippen molar-refractivity contribution >= 4 is 24.8 Å².